The highest BCUT2D eigenvalue weighted by molar-refractivity contribution is 8.15. The third kappa shape index (κ3) is 4.42. The van der Waals surface area contributed by atoms with Crippen molar-refractivity contribution in [3.05, 3.63) is 59.4 Å². The number of rotatable bonds is 3. The molecule has 0 spiro atoms. The molecule has 5 nitrogen and oxygen atoms in total. The number of hydrogen-bond acceptors (Lipinski definition) is 4. The van der Waals surface area contributed by atoms with Gasteiger partial charge in [-0.15, -0.1) is 0 Å². The molecule has 0 saturated carbocycles. The van der Waals surface area contributed by atoms with E-state index in [1.807, 2.05) is 0 Å². The highest BCUT2D eigenvalue weighted by Crippen LogP contribution is 2.29. The van der Waals surface area contributed by atoms with E-state index in [4.69, 9.17) is 11.6 Å². The van der Waals surface area contributed by atoms with Crippen LogP contribution in [-0.4, -0.2) is 34.2 Å². The first-order valence-electron chi connectivity index (χ1n) is 7.76. The number of nitrogens with one attached hydrogen (secondary N) is 1. The lowest BCUT2D eigenvalue weighted by Crippen LogP contribution is -2.43. The van der Waals surface area contributed by atoms with E-state index in [0.717, 1.165) is 0 Å². The van der Waals surface area contributed by atoms with E-state index in [2.05, 4.69) is 10.3 Å². The number of amidine groups is 1. The van der Waals surface area contributed by atoms with Gasteiger partial charge in [0.1, 0.15) is 11.1 Å². The summed E-state index contributed by atoms with van der Waals surface area (Å²) in [6.07, 6.45) is 0.0655. The minimum atomic E-state index is -0.614. The van der Waals surface area contributed by atoms with Crippen molar-refractivity contribution < 1.29 is 14.0 Å². The van der Waals surface area contributed by atoms with Crippen molar-refractivity contribution in [1.82, 2.24) is 4.90 Å². The van der Waals surface area contributed by atoms with Gasteiger partial charge in [0.25, 0.3) is 0 Å². The van der Waals surface area contributed by atoms with Crippen LogP contribution in [0.4, 0.5) is 15.8 Å². The third-order valence-electron chi connectivity index (χ3n) is 3.70. The van der Waals surface area contributed by atoms with Crippen molar-refractivity contribution in [1.29, 1.82) is 0 Å². The monoisotopic (exact) mass is 391 g/mol. The summed E-state index contributed by atoms with van der Waals surface area (Å²) in [5.74, 6) is -0.880. The number of carbonyl (C=O) groups is 2. The number of aliphatic imine (C=N–C) groups is 1. The van der Waals surface area contributed by atoms with Crippen molar-refractivity contribution in [3.8, 4) is 0 Å². The van der Waals surface area contributed by atoms with Crippen LogP contribution in [0.1, 0.15) is 6.42 Å². The summed E-state index contributed by atoms with van der Waals surface area (Å²) in [7, 11) is 1.60. The molecule has 1 fully saturated rings. The second-order valence-electron chi connectivity index (χ2n) is 5.63. The summed E-state index contributed by atoms with van der Waals surface area (Å²) >= 11 is 7.11. The Morgan fingerprint density at radius 1 is 1.31 bits per heavy atom. The number of thioether (sulfide) groups is 1. The van der Waals surface area contributed by atoms with E-state index in [1.54, 1.807) is 31.3 Å². The number of benzene rings is 2. The van der Waals surface area contributed by atoms with Crippen molar-refractivity contribution >= 4 is 51.7 Å². The second-order valence-corrected chi connectivity index (χ2v) is 7.24. The Kier molecular flexibility index (Phi) is 5.58. The fourth-order valence-electron chi connectivity index (χ4n) is 2.31. The van der Waals surface area contributed by atoms with Crippen LogP contribution in [0.3, 0.4) is 0 Å². The first-order chi connectivity index (χ1) is 12.4. The first-order valence-corrected chi connectivity index (χ1v) is 9.02. The van der Waals surface area contributed by atoms with Gasteiger partial charge in [0, 0.05) is 24.2 Å². The molecule has 1 aliphatic heterocycles. The van der Waals surface area contributed by atoms with Gasteiger partial charge >= 0.3 is 0 Å². The lowest BCUT2D eigenvalue weighted by atomic mass is 10.2. The van der Waals surface area contributed by atoms with Crippen LogP contribution in [0.15, 0.2) is 53.5 Å². The largest absolute Gasteiger partial charge is 0.325 e. The van der Waals surface area contributed by atoms with E-state index in [1.165, 1.54) is 40.9 Å². The smallest absolute Gasteiger partial charge is 0.238 e. The predicted molar refractivity (Wildman–Crippen MR) is 102 cm³/mol. The molecule has 8 heteroatoms. The van der Waals surface area contributed by atoms with Gasteiger partial charge in [0.15, 0.2) is 5.17 Å². The molecule has 0 radical (unpaired) electrons. The van der Waals surface area contributed by atoms with Gasteiger partial charge in [-0.3, -0.25) is 14.5 Å². The molecule has 26 heavy (non-hydrogen) atoms. The number of anilines is 1. The molecule has 2 aromatic carbocycles. The molecule has 1 aliphatic rings. The van der Waals surface area contributed by atoms with Crippen molar-refractivity contribution in [2.75, 3.05) is 12.4 Å². The van der Waals surface area contributed by atoms with Crippen molar-refractivity contribution in [3.63, 3.8) is 0 Å². The van der Waals surface area contributed by atoms with Crippen LogP contribution < -0.4 is 5.32 Å². The number of carbonyl (C=O) groups excluding carboxylic acids is 2. The average Bonchev–Trinajstić information content (AvgIpc) is 2.60. The molecule has 0 aliphatic carbocycles. The summed E-state index contributed by atoms with van der Waals surface area (Å²) in [5.41, 5.74) is 1.07. The fraction of sp³-hybridized carbons (Fsp3) is 0.167. The Bertz CT molecular complexity index is 873. The summed E-state index contributed by atoms with van der Waals surface area (Å²) in [6.45, 7) is 0. The molecule has 2 aromatic rings. The molecule has 0 bridgehead atoms. The third-order valence-corrected chi connectivity index (χ3v) is 5.18. The van der Waals surface area contributed by atoms with E-state index >= 15 is 0 Å². The maximum atomic E-state index is 13.0. The molecule has 1 heterocycles. The van der Waals surface area contributed by atoms with Gasteiger partial charge in [0.2, 0.25) is 11.8 Å². The molecule has 3 rings (SSSR count). The molecule has 1 saturated heterocycles. The van der Waals surface area contributed by atoms with Crippen LogP contribution in [0.25, 0.3) is 0 Å². The molecule has 2 amide bonds. The van der Waals surface area contributed by atoms with Gasteiger partial charge in [-0.05, 0) is 42.5 Å². The zero-order valence-electron chi connectivity index (χ0n) is 13.8. The zero-order chi connectivity index (χ0) is 18.7. The van der Waals surface area contributed by atoms with Crippen LogP contribution in [0, 0.1) is 5.82 Å². The normalized spacial score (nSPS) is 18.9. The van der Waals surface area contributed by atoms with Crippen LogP contribution >= 0.6 is 23.4 Å². The molecule has 0 aromatic heterocycles. The number of halogens is 2. The summed E-state index contributed by atoms with van der Waals surface area (Å²) in [5, 5.41) is 3.04. The van der Waals surface area contributed by atoms with Gasteiger partial charge in [-0.25, -0.2) is 9.38 Å². The van der Waals surface area contributed by atoms with Crippen molar-refractivity contribution in [2.45, 2.75) is 11.7 Å². The summed E-state index contributed by atoms with van der Waals surface area (Å²) in [4.78, 5) is 30.5. The molecule has 1 unspecified atom stereocenters. The molecular weight excluding hydrogens is 377 g/mol. The van der Waals surface area contributed by atoms with Gasteiger partial charge in [-0.2, -0.15) is 0 Å². The maximum absolute atomic E-state index is 13.0. The predicted octanol–water partition coefficient (Wildman–Crippen LogP) is 4.07. The quantitative estimate of drug-likeness (QED) is 0.857. The lowest BCUT2D eigenvalue weighted by molar-refractivity contribution is -0.128. The average molecular weight is 392 g/mol. The Labute approximate surface area is 159 Å². The van der Waals surface area contributed by atoms with E-state index in [-0.39, 0.29) is 24.1 Å². The van der Waals surface area contributed by atoms with Crippen LogP contribution in [0.2, 0.25) is 5.02 Å². The Hall–Kier alpha value is -2.38. The molecular formula is C18H15ClFN3O2S. The number of hydrogen-bond donors (Lipinski definition) is 1. The highest BCUT2D eigenvalue weighted by Gasteiger charge is 2.34. The van der Waals surface area contributed by atoms with Gasteiger partial charge in [0.05, 0.1) is 5.69 Å². The highest BCUT2D eigenvalue weighted by atomic mass is 35.5. The van der Waals surface area contributed by atoms with E-state index < -0.39 is 5.25 Å². The Morgan fingerprint density at radius 2 is 2.04 bits per heavy atom. The molecule has 1 atom stereocenters. The van der Waals surface area contributed by atoms with Crippen LogP contribution in [0.5, 0.6) is 0 Å². The summed E-state index contributed by atoms with van der Waals surface area (Å²) < 4.78 is 13.0. The fourth-order valence-corrected chi connectivity index (χ4v) is 3.57. The minimum absolute atomic E-state index is 0.0655. The van der Waals surface area contributed by atoms with Gasteiger partial charge in [-0.1, -0.05) is 29.4 Å². The standard InChI is InChI=1S/C18H15ClFN3O2S/c1-23-16(24)10-15(17(25)21-14-4-2-3-11(19)9-14)26-18(23)22-13-7-5-12(20)6-8-13/h2-9,15H,10H2,1H3,(H,21,25). The number of amides is 2. The Morgan fingerprint density at radius 3 is 2.73 bits per heavy atom. The minimum Gasteiger partial charge on any atom is -0.325 e. The van der Waals surface area contributed by atoms with E-state index in [9.17, 15) is 14.0 Å². The number of nitrogens with zero attached hydrogens (tertiary/aromatic N) is 2. The van der Waals surface area contributed by atoms with Crippen LogP contribution in [-0.2, 0) is 9.59 Å². The first kappa shape index (κ1) is 18.4. The molecule has 134 valence electrons. The SMILES string of the molecule is CN1C(=O)CC(C(=O)Nc2cccc(Cl)c2)SC1=Nc1ccc(F)cc1. The lowest BCUT2D eigenvalue weighted by Gasteiger charge is -2.28. The van der Waals surface area contributed by atoms with Crippen molar-refractivity contribution in [2.24, 2.45) is 4.99 Å². The second kappa shape index (κ2) is 7.88. The zero-order valence-corrected chi connectivity index (χ0v) is 15.4. The van der Waals surface area contributed by atoms with Gasteiger partial charge < -0.3 is 5.32 Å². The topological polar surface area (TPSA) is 61.8 Å². The maximum Gasteiger partial charge on any atom is 0.238 e. The summed E-state index contributed by atoms with van der Waals surface area (Å²) in [6, 6.07) is 12.4. The Balaban J connectivity index is 1.77. The molecule has 1 N–H and O–H groups in total. The van der Waals surface area contributed by atoms with E-state index in [0.29, 0.717) is 21.6 Å².